The van der Waals surface area contributed by atoms with E-state index in [2.05, 4.69) is 31.3 Å². The van der Waals surface area contributed by atoms with Gasteiger partial charge in [0.05, 0.1) is 20.3 Å². The average Bonchev–Trinajstić information content (AvgIpc) is 2.69. The van der Waals surface area contributed by atoms with E-state index in [-0.39, 0.29) is 18.6 Å². The van der Waals surface area contributed by atoms with Gasteiger partial charge in [-0.05, 0) is 54.2 Å². The van der Waals surface area contributed by atoms with Gasteiger partial charge in [-0.3, -0.25) is 4.79 Å². The maximum Gasteiger partial charge on any atom is 0.258 e. The smallest absolute Gasteiger partial charge is 0.258 e. The Bertz CT molecular complexity index is 801. The zero-order valence-corrected chi connectivity index (χ0v) is 17.7. The summed E-state index contributed by atoms with van der Waals surface area (Å²) in [6, 6.07) is 11.7. The van der Waals surface area contributed by atoms with Crippen LogP contribution < -0.4 is 19.5 Å². The highest BCUT2D eigenvalue weighted by molar-refractivity contribution is 5.78. The van der Waals surface area contributed by atoms with Gasteiger partial charge in [0, 0.05) is 0 Å². The number of aryl methyl sites for hydroxylation is 1. The molecule has 0 heterocycles. The molecule has 0 aliphatic carbocycles. The summed E-state index contributed by atoms with van der Waals surface area (Å²) >= 11 is 0. The summed E-state index contributed by atoms with van der Waals surface area (Å²) in [5.41, 5.74) is 3.17. The second-order valence-electron chi connectivity index (χ2n) is 7.13. The zero-order valence-electron chi connectivity index (χ0n) is 17.7. The van der Waals surface area contributed by atoms with E-state index in [0.717, 1.165) is 28.9 Å². The molecule has 28 heavy (non-hydrogen) atoms. The first kappa shape index (κ1) is 21.6. The average molecular weight is 386 g/mol. The Hall–Kier alpha value is -2.69. The quantitative estimate of drug-likeness (QED) is 0.675. The van der Waals surface area contributed by atoms with Crippen LogP contribution >= 0.6 is 0 Å². The van der Waals surface area contributed by atoms with Gasteiger partial charge in [0.2, 0.25) is 0 Å². The first-order valence-electron chi connectivity index (χ1n) is 9.64. The van der Waals surface area contributed by atoms with E-state index in [0.29, 0.717) is 17.4 Å². The third-order valence-corrected chi connectivity index (χ3v) is 4.70. The molecule has 0 unspecified atom stereocenters. The Balaban J connectivity index is 2.06. The zero-order chi connectivity index (χ0) is 20.7. The number of ether oxygens (including phenoxy) is 3. The minimum Gasteiger partial charge on any atom is -0.493 e. The third kappa shape index (κ3) is 5.41. The first-order chi connectivity index (χ1) is 13.4. The molecule has 2 aromatic carbocycles. The van der Waals surface area contributed by atoms with Crippen LogP contribution in [0.5, 0.6) is 17.2 Å². The summed E-state index contributed by atoms with van der Waals surface area (Å²) in [6.45, 7) is 8.25. The molecule has 2 rings (SSSR count). The molecule has 5 heteroatoms. The van der Waals surface area contributed by atoms with Gasteiger partial charge in [-0.15, -0.1) is 0 Å². The molecule has 0 aromatic heterocycles. The second kappa shape index (κ2) is 10.0. The van der Waals surface area contributed by atoms with Gasteiger partial charge < -0.3 is 19.5 Å². The summed E-state index contributed by atoms with van der Waals surface area (Å²) in [5, 5.41) is 3.05. The molecule has 0 spiro atoms. The summed E-state index contributed by atoms with van der Waals surface area (Å²) in [6.07, 6.45) is 0.753. The van der Waals surface area contributed by atoms with Gasteiger partial charge in [-0.25, -0.2) is 0 Å². The minimum absolute atomic E-state index is 0.0209. The van der Waals surface area contributed by atoms with Gasteiger partial charge in [-0.1, -0.05) is 39.0 Å². The van der Waals surface area contributed by atoms with Crippen LogP contribution in [-0.4, -0.2) is 26.7 Å². The van der Waals surface area contributed by atoms with Gasteiger partial charge in [-0.2, -0.15) is 0 Å². The van der Waals surface area contributed by atoms with E-state index < -0.39 is 0 Å². The van der Waals surface area contributed by atoms with Crippen molar-refractivity contribution >= 4 is 5.91 Å². The van der Waals surface area contributed by atoms with Crippen LogP contribution in [0.25, 0.3) is 0 Å². The highest BCUT2D eigenvalue weighted by Crippen LogP contribution is 2.31. The van der Waals surface area contributed by atoms with Crippen molar-refractivity contribution in [1.82, 2.24) is 5.32 Å². The third-order valence-electron chi connectivity index (χ3n) is 4.70. The van der Waals surface area contributed by atoms with Crippen LogP contribution in [0.3, 0.4) is 0 Å². The highest BCUT2D eigenvalue weighted by atomic mass is 16.5. The number of carbonyl (C=O) groups excluding carboxylic acids is 1. The van der Waals surface area contributed by atoms with Crippen molar-refractivity contribution in [3.63, 3.8) is 0 Å². The lowest BCUT2D eigenvalue weighted by molar-refractivity contribution is -0.123. The molecular formula is C23H31NO4. The van der Waals surface area contributed by atoms with Gasteiger partial charge in [0.15, 0.2) is 18.1 Å². The van der Waals surface area contributed by atoms with Crippen LogP contribution in [0.1, 0.15) is 55.8 Å². The van der Waals surface area contributed by atoms with Gasteiger partial charge >= 0.3 is 0 Å². The summed E-state index contributed by atoms with van der Waals surface area (Å²) < 4.78 is 16.5. The van der Waals surface area contributed by atoms with E-state index in [1.54, 1.807) is 14.2 Å². The minimum atomic E-state index is -0.155. The number of hydrogen-bond acceptors (Lipinski definition) is 4. The molecule has 1 amide bonds. The fourth-order valence-electron chi connectivity index (χ4n) is 3.11. The molecule has 5 nitrogen and oxygen atoms in total. The molecular weight excluding hydrogens is 354 g/mol. The number of rotatable bonds is 9. The monoisotopic (exact) mass is 385 g/mol. The van der Waals surface area contributed by atoms with Crippen LogP contribution in [0.4, 0.5) is 0 Å². The van der Waals surface area contributed by atoms with Crippen molar-refractivity contribution in [2.75, 3.05) is 20.8 Å². The standard InChI is InChI=1S/C23H31NO4/c1-7-19(17-9-11-20(26-5)22(13-17)27-6)24-23(25)14-28-21-12-16(4)8-10-18(21)15(2)3/h8-13,15,19H,7,14H2,1-6H3,(H,24,25)/t19-/m1/s1. The van der Waals surface area contributed by atoms with E-state index in [1.807, 2.05) is 38.1 Å². The molecule has 1 N–H and O–H groups in total. The molecule has 2 aromatic rings. The van der Waals surface area contributed by atoms with Crippen molar-refractivity contribution in [2.24, 2.45) is 0 Å². The number of nitrogens with one attached hydrogen (secondary N) is 1. The molecule has 0 aliphatic heterocycles. The predicted molar refractivity (Wildman–Crippen MR) is 111 cm³/mol. The van der Waals surface area contributed by atoms with Crippen LogP contribution in [-0.2, 0) is 4.79 Å². The number of benzene rings is 2. The molecule has 0 radical (unpaired) electrons. The van der Waals surface area contributed by atoms with E-state index in [1.165, 1.54) is 0 Å². The molecule has 152 valence electrons. The number of amides is 1. The van der Waals surface area contributed by atoms with Crippen LogP contribution in [0.2, 0.25) is 0 Å². The first-order valence-corrected chi connectivity index (χ1v) is 9.64. The molecule has 0 bridgehead atoms. The lowest BCUT2D eigenvalue weighted by atomic mass is 10.0. The summed E-state index contributed by atoms with van der Waals surface area (Å²) in [4.78, 5) is 12.5. The topological polar surface area (TPSA) is 56.8 Å². The Morgan fingerprint density at radius 2 is 1.71 bits per heavy atom. The number of carbonyl (C=O) groups is 1. The van der Waals surface area contributed by atoms with E-state index >= 15 is 0 Å². The number of hydrogen-bond donors (Lipinski definition) is 1. The molecule has 0 fully saturated rings. The normalized spacial score (nSPS) is 11.8. The Morgan fingerprint density at radius 3 is 2.32 bits per heavy atom. The lowest BCUT2D eigenvalue weighted by Crippen LogP contribution is -2.32. The fourth-order valence-corrected chi connectivity index (χ4v) is 3.11. The fraction of sp³-hybridized carbons (Fsp3) is 0.435. The second-order valence-corrected chi connectivity index (χ2v) is 7.13. The van der Waals surface area contributed by atoms with Crippen LogP contribution in [0, 0.1) is 6.92 Å². The van der Waals surface area contributed by atoms with Gasteiger partial charge in [0.25, 0.3) is 5.91 Å². The molecule has 0 saturated carbocycles. The molecule has 0 aliphatic rings. The Kier molecular flexibility index (Phi) is 7.73. The Morgan fingerprint density at radius 1 is 1.00 bits per heavy atom. The molecule has 0 saturated heterocycles. The van der Waals surface area contributed by atoms with Crippen molar-refractivity contribution in [3.8, 4) is 17.2 Å². The molecule has 1 atom stereocenters. The number of methoxy groups -OCH3 is 2. The summed E-state index contributed by atoms with van der Waals surface area (Å²) in [7, 11) is 3.20. The van der Waals surface area contributed by atoms with Crippen molar-refractivity contribution in [3.05, 3.63) is 53.1 Å². The van der Waals surface area contributed by atoms with E-state index in [4.69, 9.17) is 14.2 Å². The largest absolute Gasteiger partial charge is 0.493 e. The predicted octanol–water partition coefficient (Wildman–Crippen LogP) is 4.78. The van der Waals surface area contributed by atoms with Crippen molar-refractivity contribution < 1.29 is 19.0 Å². The maximum atomic E-state index is 12.5. The lowest BCUT2D eigenvalue weighted by Gasteiger charge is -2.20. The SMILES string of the molecule is CC[C@@H](NC(=O)COc1cc(C)ccc1C(C)C)c1ccc(OC)c(OC)c1. The van der Waals surface area contributed by atoms with Gasteiger partial charge in [0.1, 0.15) is 5.75 Å². The van der Waals surface area contributed by atoms with Crippen molar-refractivity contribution in [2.45, 2.75) is 46.1 Å². The summed E-state index contributed by atoms with van der Waals surface area (Å²) in [5.74, 6) is 2.25. The highest BCUT2D eigenvalue weighted by Gasteiger charge is 2.16. The maximum absolute atomic E-state index is 12.5. The van der Waals surface area contributed by atoms with Crippen molar-refractivity contribution in [1.29, 1.82) is 0 Å². The van der Waals surface area contributed by atoms with E-state index in [9.17, 15) is 4.79 Å². The van der Waals surface area contributed by atoms with Crippen LogP contribution in [0.15, 0.2) is 36.4 Å². The Labute approximate surface area is 168 Å².